The van der Waals surface area contributed by atoms with Crippen molar-refractivity contribution in [2.75, 3.05) is 13.7 Å². The van der Waals surface area contributed by atoms with Crippen molar-refractivity contribution in [3.05, 3.63) is 63.6 Å². The van der Waals surface area contributed by atoms with E-state index in [-0.39, 0.29) is 18.6 Å². The fourth-order valence-electron chi connectivity index (χ4n) is 2.17. The maximum absolute atomic E-state index is 12.0. The molecule has 1 amide bonds. The minimum atomic E-state index is -0.432. The zero-order chi connectivity index (χ0) is 18.4. The van der Waals surface area contributed by atoms with Gasteiger partial charge in [-0.05, 0) is 48.9 Å². The Hall–Kier alpha value is -2.24. The Morgan fingerprint density at radius 3 is 2.40 bits per heavy atom. The molecule has 0 radical (unpaired) electrons. The number of ether oxygens (including phenoxy) is 2. The predicted octanol–water partition coefficient (Wildman–Crippen LogP) is 4.04. The molecular weight excluding hydrogens is 365 g/mol. The second-order valence-electron chi connectivity index (χ2n) is 5.26. The SMILES string of the molecule is COC(=O)c1ccc(OCC(=O)N[C@@H](C)c2ccc(Cl)cc2Cl)cc1. The van der Waals surface area contributed by atoms with E-state index in [1.54, 1.807) is 42.5 Å². The van der Waals surface area contributed by atoms with Crippen LogP contribution in [0.15, 0.2) is 42.5 Å². The van der Waals surface area contributed by atoms with Gasteiger partial charge < -0.3 is 14.8 Å². The van der Waals surface area contributed by atoms with Crippen LogP contribution in [0.5, 0.6) is 5.75 Å². The quantitative estimate of drug-likeness (QED) is 0.766. The van der Waals surface area contributed by atoms with E-state index in [0.29, 0.717) is 21.4 Å². The van der Waals surface area contributed by atoms with Gasteiger partial charge in [0.25, 0.3) is 5.91 Å². The van der Waals surface area contributed by atoms with Crippen LogP contribution < -0.4 is 10.1 Å². The summed E-state index contributed by atoms with van der Waals surface area (Å²) in [7, 11) is 1.31. The maximum atomic E-state index is 12.0. The summed E-state index contributed by atoms with van der Waals surface area (Å²) in [5.74, 6) is -0.256. The second kappa shape index (κ2) is 8.74. The van der Waals surface area contributed by atoms with Crippen molar-refractivity contribution in [3.63, 3.8) is 0 Å². The van der Waals surface area contributed by atoms with Crippen molar-refractivity contribution in [1.29, 1.82) is 0 Å². The number of methoxy groups -OCH3 is 1. The van der Waals surface area contributed by atoms with Gasteiger partial charge in [-0.3, -0.25) is 4.79 Å². The highest BCUT2D eigenvalue weighted by atomic mass is 35.5. The van der Waals surface area contributed by atoms with Gasteiger partial charge in [0, 0.05) is 10.0 Å². The van der Waals surface area contributed by atoms with Gasteiger partial charge in [-0.25, -0.2) is 4.79 Å². The molecule has 0 unspecified atom stereocenters. The lowest BCUT2D eigenvalue weighted by Crippen LogP contribution is -2.31. The molecule has 0 saturated heterocycles. The van der Waals surface area contributed by atoms with Crippen molar-refractivity contribution < 1.29 is 19.1 Å². The molecule has 132 valence electrons. The number of benzene rings is 2. The molecule has 1 N–H and O–H groups in total. The Labute approximate surface area is 155 Å². The van der Waals surface area contributed by atoms with Crippen LogP contribution in [-0.2, 0) is 9.53 Å². The Morgan fingerprint density at radius 2 is 1.80 bits per heavy atom. The number of esters is 1. The molecule has 25 heavy (non-hydrogen) atoms. The van der Waals surface area contributed by atoms with Gasteiger partial charge >= 0.3 is 5.97 Å². The average molecular weight is 382 g/mol. The van der Waals surface area contributed by atoms with Crippen molar-refractivity contribution in [3.8, 4) is 5.75 Å². The lowest BCUT2D eigenvalue weighted by Gasteiger charge is -2.16. The van der Waals surface area contributed by atoms with Crippen LogP contribution in [0.3, 0.4) is 0 Å². The Bertz CT molecular complexity index is 762. The fraction of sp³-hybridized carbons (Fsp3) is 0.222. The molecule has 0 aliphatic rings. The summed E-state index contributed by atoms with van der Waals surface area (Å²) in [6, 6.07) is 11.1. The van der Waals surface area contributed by atoms with Crippen molar-refractivity contribution >= 4 is 35.1 Å². The number of carbonyl (C=O) groups excluding carboxylic acids is 2. The maximum Gasteiger partial charge on any atom is 0.337 e. The molecular formula is C18H17Cl2NO4. The summed E-state index contributed by atoms with van der Waals surface area (Å²) in [6.07, 6.45) is 0. The van der Waals surface area contributed by atoms with Crippen LogP contribution in [0.4, 0.5) is 0 Å². The highest BCUT2D eigenvalue weighted by Crippen LogP contribution is 2.26. The first-order valence-electron chi connectivity index (χ1n) is 7.46. The summed E-state index contributed by atoms with van der Waals surface area (Å²) < 4.78 is 10.0. The first-order chi connectivity index (χ1) is 11.9. The van der Waals surface area contributed by atoms with E-state index < -0.39 is 5.97 Å². The smallest absolute Gasteiger partial charge is 0.337 e. The van der Waals surface area contributed by atoms with Crippen molar-refractivity contribution in [2.45, 2.75) is 13.0 Å². The van der Waals surface area contributed by atoms with E-state index in [1.807, 2.05) is 6.92 Å². The largest absolute Gasteiger partial charge is 0.484 e. The molecule has 0 heterocycles. The normalized spacial score (nSPS) is 11.5. The molecule has 0 aliphatic carbocycles. The summed E-state index contributed by atoms with van der Waals surface area (Å²) >= 11 is 12.0. The van der Waals surface area contributed by atoms with Crippen molar-refractivity contribution in [1.82, 2.24) is 5.32 Å². The number of rotatable bonds is 6. The third-order valence-electron chi connectivity index (χ3n) is 3.45. The predicted molar refractivity (Wildman–Crippen MR) is 96.3 cm³/mol. The number of carbonyl (C=O) groups is 2. The molecule has 0 aliphatic heterocycles. The van der Waals surface area contributed by atoms with Gasteiger partial charge in [0.05, 0.1) is 18.7 Å². The van der Waals surface area contributed by atoms with Gasteiger partial charge in [0.1, 0.15) is 5.75 Å². The van der Waals surface area contributed by atoms with Crippen molar-refractivity contribution in [2.24, 2.45) is 0 Å². The van der Waals surface area contributed by atoms with Crippen LogP contribution in [0, 0.1) is 0 Å². The lowest BCUT2D eigenvalue weighted by atomic mass is 10.1. The third-order valence-corrected chi connectivity index (χ3v) is 4.01. The monoisotopic (exact) mass is 381 g/mol. The van der Waals surface area contributed by atoms with E-state index >= 15 is 0 Å². The van der Waals surface area contributed by atoms with E-state index in [9.17, 15) is 9.59 Å². The highest BCUT2D eigenvalue weighted by molar-refractivity contribution is 6.35. The molecule has 0 saturated carbocycles. The number of halogens is 2. The molecule has 1 atom stereocenters. The van der Waals surface area contributed by atoms with Crippen LogP contribution in [0.2, 0.25) is 10.0 Å². The van der Waals surface area contributed by atoms with Crippen LogP contribution in [-0.4, -0.2) is 25.6 Å². The summed E-state index contributed by atoms with van der Waals surface area (Å²) in [4.78, 5) is 23.4. The molecule has 0 bridgehead atoms. The van der Waals surface area contributed by atoms with Crippen LogP contribution in [0.25, 0.3) is 0 Å². The lowest BCUT2D eigenvalue weighted by molar-refractivity contribution is -0.123. The van der Waals surface area contributed by atoms with Gasteiger partial charge in [0.15, 0.2) is 6.61 Å². The van der Waals surface area contributed by atoms with Crippen LogP contribution >= 0.6 is 23.2 Å². The first kappa shape index (κ1) is 19.1. The summed E-state index contributed by atoms with van der Waals surface area (Å²) in [6.45, 7) is 1.66. The minimum absolute atomic E-state index is 0.160. The molecule has 5 nitrogen and oxygen atoms in total. The van der Waals surface area contributed by atoms with Gasteiger partial charge in [-0.2, -0.15) is 0 Å². The minimum Gasteiger partial charge on any atom is -0.484 e. The van der Waals surface area contributed by atoms with Gasteiger partial charge in [-0.1, -0.05) is 29.3 Å². The number of amides is 1. The summed E-state index contributed by atoms with van der Waals surface area (Å²) in [5, 5.41) is 3.82. The molecule has 0 fully saturated rings. The molecule has 0 spiro atoms. The summed E-state index contributed by atoms with van der Waals surface area (Å²) in [5.41, 5.74) is 1.17. The topological polar surface area (TPSA) is 64.6 Å². The van der Waals surface area contributed by atoms with Gasteiger partial charge in [-0.15, -0.1) is 0 Å². The molecule has 7 heteroatoms. The van der Waals surface area contributed by atoms with Gasteiger partial charge in [0.2, 0.25) is 0 Å². The van der Waals surface area contributed by atoms with E-state index in [4.69, 9.17) is 27.9 Å². The third kappa shape index (κ3) is 5.37. The Kier molecular flexibility index (Phi) is 6.67. The molecule has 2 aromatic carbocycles. The Morgan fingerprint density at radius 1 is 1.12 bits per heavy atom. The standard InChI is InChI=1S/C18H17Cl2NO4/c1-11(15-8-5-13(19)9-16(15)20)21-17(22)10-25-14-6-3-12(4-7-14)18(23)24-2/h3-9,11H,10H2,1-2H3,(H,21,22)/t11-/m0/s1. The zero-order valence-corrected chi connectivity index (χ0v) is 15.2. The first-order valence-corrected chi connectivity index (χ1v) is 8.21. The molecule has 0 aromatic heterocycles. The Balaban J connectivity index is 1.88. The fourth-order valence-corrected chi connectivity index (χ4v) is 2.74. The van der Waals surface area contributed by atoms with E-state index in [2.05, 4.69) is 10.1 Å². The number of hydrogen-bond donors (Lipinski definition) is 1. The number of hydrogen-bond acceptors (Lipinski definition) is 4. The zero-order valence-electron chi connectivity index (χ0n) is 13.7. The van der Waals surface area contributed by atoms with Crippen LogP contribution in [0.1, 0.15) is 28.9 Å². The van der Waals surface area contributed by atoms with E-state index in [1.165, 1.54) is 7.11 Å². The molecule has 2 rings (SSSR count). The second-order valence-corrected chi connectivity index (χ2v) is 6.10. The molecule has 2 aromatic rings. The van der Waals surface area contributed by atoms with E-state index in [0.717, 1.165) is 5.56 Å². The average Bonchev–Trinajstić information content (AvgIpc) is 2.59. The number of nitrogens with one attached hydrogen (secondary N) is 1. The highest BCUT2D eigenvalue weighted by Gasteiger charge is 2.13.